The van der Waals surface area contributed by atoms with Gasteiger partial charge in [0.15, 0.2) is 5.78 Å². The second-order valence-electron chi connectivity index (χ2n) is 6.91. The molecule has 0 aliphatic rings. The van der Waals surface area contributed by atoms with Crippen LogP contribution in [0.4, 0.5) is 0 Å². The fourth-order valence-electron chi connectivity index (χ4n) is 1.62. The highest BCUT2D eigenvalue weighted by Gasteiger charge is 2.26. The van der Waals surface area contributed by atoms with E-state index in [0.29, 0.717) is 19.4 Å². The summed E-state index contributed by atoms with van der Waals surface area (Å²) in [6, 6.07) is 0. The predicted octanol–water partition coefficient (Wildman–Crippen LogP) is 3.17. The summed E-state index contributed by atoms with van der Waals surface area (Å²) in [4.78, 5) is 22.7. The SMILES string of the molecule is CC(=O)COC(C)(C)CCOC(C)(C)CC(=O)C(C)C. The third kappa shape index (κ3) is 9.21. The van der Waals surface area contributed by atoms with Crippen LogP contribution < -0.4 is 0 Å². The Bertz CT molecular complexity index is 329. The summed E-state index contributed by atoms with van der Waals surface area (Å²) < 4.78 is 11.3. The number of hydrogen-bond donors (Lipinski definition) is 0. The summed E-state index contributed by atoms with van der Waals surface area (Å²) in [6.07, 6.45) is 1.10. The third-order valence-corrected chi connectivity index (χ3v) is 3.11. The Morgan fingerprint density at radius 1 is 1.00 bits per heavy atom. The van der Waals surface area contributed by atoms with Crippen molar-refractivity contribution in [3.8, 4) is 0 Å². The molecule has 0 aliphatic heterocycles. The molecule has 4 nitrogen and oxygen atoms in total. The molecule has 0 aliphatic carbocycles. The fraction of sp³-hybridized carbons (Fsp3) is 0.875. The predicted molar refractivity (Wildman–Crippen MR) is 79.8 cm³/mol. The molecule has 0 saturated carbocycles. The molecule has 0 radical (unpaired) electrons. The van der Waals surface area contributed by atoms with Crippen molar-refractivity contribution in [2.75, 3.05) is 13.2 Å². The Balaban J connectivity index is 4.14. The topological polar surface area (TPSA) is 52.6 Å². The average molecular weight is 286 g/mol. The molecule has 0 aromatic rings. The van der Waals surface area contributed by atoms with Gasteiger partial charge in [0, 0.05) is 12.3 Å². The van der Waals surface area contributed by atoms with E-state index in [-0.39, 0.29) is 24.1 Å². The molecular formula is C16H30O4. The quantitative estimate of drug-likeness (QED) is 0.619. The van der Waals surface area contributed by atoms with E-state index < -0.39 is 11.2 Å². The van der Waals surface area contributed by atoms with Crippen molar-refractivity contribution in [1.82, 2.24) is 0 Å². The van der Waals surface area contributed by atoms with Crippen LogP contribution in [0.25, 0.3) is 0 Å². The van der Waals surface area contributed by atoms with Crippen molar-refractivity contribution in [3.63, 3.8) is 0 Å². The molecule has 4 heteroatoms. The first-order valence-corrected chi connectivity index (χ1v) is 7.25. The molecule has 0 rings (SSSR count). The number of carbonyl (C=O) groups excluding carboxylic acids is 2. The maximum absolute atomic E-state index is 11.8. The van der Waals surface area contributed by atoms with Gasteiger partial charge in [0.1, 0.15) is 12.4 Å². The maximum atomic E-state index is 11.8. The van der Waals surface area contributed by atoms with Crippen LogP contribution in [0.5, 0.6) is 0 Å². The molecule has 0 aromatic carbocycles. The van der Waals surface area contributed by atoms with Crippen molar-refractivity contribution in [2.24, 2.45) is 5.92 Å². The Labute approximate surface area is 123 Å². The van der Waals surface area contributed by atoms with Crippen molar-refractivity contribution in [1.29, 1.82) is 0 Å². The number of ketones is 2. The molecule has 0 heterocycles. The van der Waals surface area contributed by atoms with Gasteiger partial charge < -0.3 is 9.47 Å². The van der Waals surface area contributed by atoms with Gasteiger partial charge in [-0.15, -0.1) is 0 Å². The van der Waals surface area contributed by atoms with Crippen LogP contribution in [0.2, 0.25) is 0 Å². The Kier molecular flexibility index (Phi) is 7.60. The molecule has 0 spiro atoms. The van der Waals surface area contributed by atoms with Gasteiger partial charge in [0.05, 0.1) is 17.8 Å². The smallest absolute Gasteiger partial charge is 0.155 e. The molecule has 0 N–H and O–H groups in total. The number of carbonyl (C=O) groups is 2. The molecule has 20 heavy (non-hydrogen) atoms. The van der Waals surface area contributed by atoms with Crippen LogP contribution in [0.1, 0.15) is 61.3 Å². The van der Waals surface area contributed by atoms with E-state index in [0.717, 1.165) is 0 Å². The summed E-state index contributed by atoms with van der Waals surface area (Å²) in [5.74, 6) is 0.261. The first-order valence-electron chi connectivity index (χ1n) is 7.25. The van der Waals surface area contributed by atoms with Gasteiger partial charge in [-0.3, -0.25) is 9.59 Å². The van der Waals surface area contributed by atoms with Gasteiger partial charge in [-0.25, -0.2) is 0 Å². The first kappa shape index (κ1) is 19.3. The highest BCUT2D eigenvalue weighted by molar-refractivity contribution is 5.81. The van der Waals surface area contributed by atoms with Crippen LogP contribution in [0, 0.1) is 5.92 Å². The molecule has 0 bridgehead atoms. The lowest BCUT2D eigenvalue weighted by atomic mass is 9.95. The lowest BCUT2D eigenvalue weighted by Crippen LogP contribution is -2.34. The molecular weight excluding hydrogens is 256 g/mol. The van der Waals surface area contributed by atoms with Crippen molar-refractivity contribution >= 4 is 11.6 Å². The van der Waals surface area contributed by atoms with Crippen LogP contribution in [0.3, 0.4) is 0 Å². The van der Waals surface area contributed by atoms with Crippen LogP contribution >= 0.6 is 0 Å². The van der Waals surface area contributed by atoms with E-state index in [4.69, 9.17) is 9.47 Å². The summed E-state index contributed by atoms with van der Waals surface area (Å²) in [5, 5.41) is 0. The third-order valence-electron chi connectivity index (χ3n) is 3.11. The largest absolute Gasteiger partial charge is 0.375 e. The zero-order valence-corrected chi connectivity index (χ0v) is 14.0. The molecule has 0 fully saturated rings. The van der Waals surface area contributed by atoms with E-state index in [9.17, 15) is 9.59 Å². The van der Waals surface area contributed by atoms with Crippen molar-refractivity contribution in [2.45, 2.75) is 72.5 Å². The summed E-state index contributed by atoms with van der Waals surface area (Å²) >= 11 is 0. The minimum atomic E-state index is -0.460. The fourth-order valence-corrected chi connectivity index (χ4v) is 1.62. The normalized spacial score (nSPS) is 12.8. The average Bonchev–Trinajstić information content (AvgIpc) is 2.25. The Morgan fingerprint density at radius 3 is 2.00 bits per heavy atom. The Hall–Kier alpha value is -0.740. The van der Waals surface area contributed by atoms with Gasteiger partial charge in [-0.1, -0.05) is 13.8 Å². The molecule has 0 saturated heterocycles. The lowest BCUT2D eigenvalue weighted by molar-refractivity contribution is -0.133. The van der Waals surface area contributed by atoms with E-state index in [2.05, 4.69) is 0 Å². The van der Waals surface area contributed by atoms with Gasteiger partial charge in [-0.2, -0.15) is 0 Å². The standard InChI is InChI=1S/C16H30O4/c1-12(2)14(18)10-16(6,7)19-9-8-15(4,5)20-11-13(3)17/h12H,8-11H2,1-7H3. The van der Waals surface area contributed by atoms with Crippen LogP contribution in [-0.4, -0.2) is 36.0 Å². The zero-order valence-electron chi connectivity index (χ0n) is 14.0. The van der Waals surface area contributed by atoms with Gasteiger partial charge >= 0.3 is 0 Å². The number of rotatable bonds is 10. The molecule has 0 aromatic heterocycles. The zero-order chi connectivity index (χ0) is 16.0. The van der Waals surface area contributed by atoms with Crippen molar-refractivity contribution < 1.29 is 19.1 Å². The van der Waals surface area contributed by atoms with E-state index in [1.807, 2.05) is 41.5 Å². The molecule has 0 atom stereocenters. The van der Waals surface area contributed by atoms with Crippen LogP contribution in [0.15, 0.2) is 0 Å². The van der Waals surface area contributed by atoms with Crippen LogP contribution in [-0.2, 0) is 19.1 Å². The molecule has 0 unspecified atom stereocenters. The molecule has 118 valence electrons. The highest BCUT2D eigenvalue weighted by atomic mass is 16.5. The second-order valence-corrected chi connectivity index (χ2v) is 6.91. The maximum Gasteiger partial charge on any atom is 0.155 e. The van der Waals surface area contributed by atoms with Gasteiger partial charge in [0.25, 0.3) is 0 Å². The molecule has 0 amide bonds. The van der Waals surface area contributed by atoms with Gasteiger partial charge in [-0.05, 0) is 41.0 Å². The first-order chi connectivity index (χ1) is 8.95. The highest BCUT2D eigenvalue weighted by Crippen LogP contribution is 2.21. The van der Waals surface area contributed by atoms with E-state index in [1.54, 1.807) is 0 Å². The minimum absolute atomic E-state index is 0.0156. The Morgan fingerprint density at radius 2 is 1.55 bits per heavy atom. The van der Waals surface area contributed by atoms with E-state index >= 15 is 0 Å². The van der Waals surface area contributed by atoms with Crippen molar-refractivity contribution in [3.05, 3.63) is 0 Å². The van der Waals surface area contributed by atoms with Gasteiger partial charge in [0.2, 0.25) is 0 Å². The second kappa shape index (κ2) is 7.89. The summed E-state index contributed by atoms with van der Waals surface area (Å²) in [6.45, 7) is 13.7. The monoisotopic (exact) mass is 286 g/mol. The summed E-state index contributed by atoms with van der Waals surface area (Å²) in [7, 11) is 0. The summed E-state index contributed by atoms with van der Waals surface area (Å²) in [5.41, 5.74) is -0.859. The lowest BCUT2D eigenvalue weighted by Gasteiger charge is -2.29. The number of Topliss-reactive ketones (excluding diaryl/α,β-unsaturated/α-hetero) is 2. The van der Waals surface area contributed by atoms with E-state index in [1.165, 1.54) is 6.92 Å². The minimum Gasteiger partial charge on any atom is -0.375 e. The number of ether oxygens (including phenoxy) is 2. The number of hydrogen-bond acceptors (Lipinski definition) is 4.